The average Bonchev–Trinajstić information content (AvgIpc) is 2.63. The highest BCUT2D eigenvalue weighted by atomic mass is 35.5. The number of hydrogen-bond acceptors (Lipinski definition) is 4. The van der Waals surface area contributed by atoms with Gasteiger partial charge in [0, 0.05) is 31.4 Å². The molecule has 1 fully saturated rings. The zero-order valence-corrected chi connectivity index (χ0v) is 15.6. The topological polar surface area (TPSA) is 71.2 Å². The number of carbonyl (C=O) groups excluding carboxylic acids is 1. The number of halogens is 2. The zero-order chi connectivity index (χ0) is 16.1. The number of nitrogens with zero attached hydrogens (tertiary/aromatic N) is 2. The lowest BCUT2D eigenvalue weighted by molar-refractivity contribution is 0.102. The normalized spacial score (nSPS) is 13.4. The predicted molar refractivity (Wildman–Crippen MR) is 107 cm³/mol. The molecule has 1 aromatic carbocycles. The molecule has 25 heavy (non-hydrogen) atoms. The quantitative estimate of drug-likeness (QED) is 0.846. The summed E-state index contributed by atoms with van der Waals surface area (Å²) in [7, 11) is 0. The van der Waals surface area contributed by atoms with Crippen molar-refractivity contribution in [1.82, 2.24) is 4.98 Å². The number of nitrogens with two attached hydrogens (primary N) is 1. The summed E-state index contributed by atoms with van der Waals surface area (Å²) >= 11 is 0. The Labute approximate surface area is 160 Å². The molecule has 1 saturated heterocycles. The van der Waals surface area contributed by atoms with Gasteiger partial charge in [0.05, 0.1) is 17.1 Å². The van der Waals surface area contributed by atoms with Crippen molar-refractivity contribution in [3.8, 4) is 0 Å². The second kappa shape index (κ2) is 10.2. The van der Waals surface area contributed by atoms with Crippen LogP contribution in [0.3, 0.4) is 0 Å². The summed E-state index contributed by atoms with van der Waals surface area (Å²) in [5, 5.41) is 3.03. The van der Waals surface area contributed by atoms with Crippen LogP contribution in [0.15, 0.2) is 42.6 Å². The third kappa shape index (κ3) is 5.33. The number of anilines is 2. The molecule has 0 atom stereocenters. The fourth-order valence-electron chi connectivity index (χ4n) is 2.92. The summed E-state index contributed by atoms with van der Waals surface area (Å²) in [6.07, 6.45) is 5.30. The maximum atomic E-state index is 12.5. The molecule has 0 saturated carbocycles. The molecule has 0 aliphatic carbocycles. The minimum Gasteiger partial charge on any atom is -0.370 e. The average molecular weight is 383 g/mol. The van der Waals surface area contributed by atoms with E-state index in [1.165, 1.54) is 19.3 Å². The first-order chi connectivity index (χ1) is 11.3. The van der Waals surface area contributed by atoms with Crippen molar-refractivity contribution in [2.45, 2.75) is 25.8 Å². The highest BCUT2D eigenvalue weighted by Crippen LogP contribution is 2.28. The third-order valence-corrected chi connectivity index (χ3v) is 4.14. The summed E-state index contributed by atoms with van der Waals surface area (Å²) in [5.74, 6) is -0.133. The number of benzene rings is 1. The van der Waals surface area contributed by atoms with Crippen LogP contribution < -0.4 is 16.0 Å². The second-order valence-corrected chi connectivity index (χ2v) is 5.76. The standard InChI is InChI=1S/C18H22N4O.2ClH/c19-13-15-12-14(8-9-20-15)18(23)21-16-6-2-3-7-17(16)22-10-4-1-5-11-22;;/h2-3,6-9,12H,1,4-5,10-11,13,19H2,(H,21,23);2*1H. The van der Waals surface area contributed by atoms with Crippen LogP contribution in [-0.4, -0.2) is 24.0 Å². The molecule has 2 heterocycles. The monoisotopic (exact) mass is 382 g/mol. The van der Waals surface area contributed by atoms with Gasteiger partial charge in [0.2, 0.25) is 0 Å². The maximum Gasteiger partial charge on any atom is 0.255 e. The van der Waals surface area contributed by atoms with Crippen LogP contribution in [0.4, 0.5) is 11.4 Å². The maximum absolute atomic E-state index is 12.5. The number of piperidine rings is 1. The van der Waals surface area contributed by atoms with E-state index in [1.54, 1.807) is 18.3 Å². The molecule has 2 aromatic rings. The van der Waals surface area contributed by atoms with Crippen LogP contribution in [0, 0.1) is 0 Å². The van der Waals surface area contributed by atoms with Crippen molar-refractivity contribution in [3.63, 3.8) is 0 Å². The van der Waals surface area contributed by atoms with Gasteiger partial charge in [0.15, 0.2) is 0 Å². The molecular weight excluding hydrogens is 359 g/mol. The van der Waals surface area contributed by atoms with Crippen molar-refractivity contribution in [1.29, 1.82) is 0 Å². The van der Waals surface area contributed by atoms with Gasteiger partial charge in [-0.15, -0.1) is 24.8 Å². The second-order valence-electron chi connectivity index (χ2n) is 5.76. The lowest BCUT2D eigenvalue weighted by Crippen LogP contribution is -2.30. The molecule has 0 spiro atoms. The number of nitrogens with one attached hydrogen (secondary N) is 1. The molecule has 1 aromatic heterocycles. The van der Waals surface area contributed by atoms with Gasteiger partial charge in [-0.2, -0.15) is 0 Å². The molecule has 1 amide bonds. The molecular formula is C18H24Cl2N4O. The van der Waals surface area contributed by atoms with Gasteiger partial charge in [0.25, 0.3) is 5.91 Å². The Morgan fingerprint density at radius 2 is 1.84 bits per heavy atom. The summed E-state index contributed by atoms with van der Waals surface area (Å²) in [6.45, 7) is 2.41. The van der Waals surface area contributed by atoms with Crippen molar-refractivity contribution in [2.24, 2.45) is 5.73 Å². The molecule has 0 bridgehead atoms. The lowest BCUT2D eigenvalue weighted by atomic mass is 10.1. The number of carbonyl (C=O) groups is 1. The first kappa shape index (κ1) is 21.2. The van der Waals surface area contributed by atoms with Gasteiger partial charge in [-0.3, -0.25) is 9.78 Å². The summed E-state index contributed by atoms with van der Waals surface area (Å²) in [4.78, 5) is 19.0. The van der Waals surface area contributed by atoms with Crippen LogP contribution in [-0.2, 0) is 6.54 Å². The third-order valence-electron chi connectivity index (χ3n) is 4.14. The van der Waals surface area contributed by atoms with E-state index >= 15 is 0 Å². The van der Waals surface area contributed by atoms with E-state index in [1.807, 2.05) is 18.2 Å². The van der Waals surface area contributed by atoms with Gasteiger partial charge < -0.3 is 16.0 Å². The van der Waals surface area contributed by atoms with Crippen LogP contribution in [0.2, 0.25) is 0 Å². The number of aromatic nitrogens is 1. The van der Waals surface area contributed by atoms with Crippen molar-refractivity contribution in [3.05, 3.63) is 53.9 Å². The van der Waals surface area contributed by atoms with Gasteiger partial charge in [-0.1, -0.05) is 12.1 Å². The number of para-hydroxylation sites is 2. The highest BCUT2D eigenvalue weighted by molar-refractivity contribution is 6.06. The summed E-state index contributed by atoms with van der Waals surface area (Å²) < 4.78 is 0. The van der Waals surface area contributed by atoms with E-state index in [-0.39, 0.29) is 30.7 Å². The Morgan fingerprint density at radius 3 is 2.56 bits per heavy atom. The SMILES string of the molecule is Cl.Cl.NCc1cc(C(=O)Nc2ccccc2N2CCCCC2)ccn1. The number of rotatable bonds is 4. The molecule has 3 rings (SSSR count). The fraction of sp³-hybridized carbons (Fsp3) is 0.333. The first-order valence-corrected chi connectivity index (χ1v) is 8.08. The Bertz CT molecular complexity index is 690. The predicted octanol–water partition coefficient (Wildman–Crippen LogP) is 3.63. The molecule has 1 aliphatic rings. The van der Waals surface area contributed by atoms with Crippen molar-refractivity contribution < 1.29 is 4.79 Å². The molecule has 0 unspecified atom stereocenters. The number of hydrogen-bond donors (Lipinski definition) is 2. The largest absolute Gasteiger partial charge is 0.370 e. The van der Waals surface area contributed by atoms with E-state index in [2.05, 4.69) is 21.3 Å². The molecule has 7 heteroatoms. The number of pyridine rings is 1. The minimum absolute atomic E-state index is 0. The molecule has 3 N–H and O–H groups in total. The lowest BCUT2D eigenvalue weighted by Gasteiger charge is -2.30. The van der Waals surface area contributed by atoms with Crippen LogP contribution in [0.5, 0.6) is 0 Å². The summed E-state index contributed by atoms with van der Waals surface area (Å²) in [6, 6.07) is 11.4. The minimum atomic E-state index is -0.133. The van der Waals surface area contributed by atoms with Crippen LogP contribution in [0.25, 0.3) is 0 Å². The van der Waals surface area contributed by atoms with Crippen LogP contribution >= 0.6 is 24.8 Å². The van der Waals surface area contributed by atoms with Crippen molar-refractivity contribution in [2.75, 3.05) is 23.3 Å². The van der Waals surface area contributed by atoms with E-state index in [0.29, 0.717) is 17.8 Å². The molecule has 5 nitrogen and oxygen atoms in total. The van der Waals surface area contributed by atoms with Gasteiger partial charge in [0.1, 0.15) is 0 Å². The highest BCUT2D eigenvalue weighted by Gasteiger charge is 2.16. The first-order valence-electron chi connectivity index (χ1n) is 8.08. The Hall–Kier alpha value is -1.82. The van der Waals surface area contributed by atoms with E-state index in [0.717, 1.165) is 24.5 Å². The fourth-order valence-corrected chi connectivity index (χ4v) is 2.92. The molecule has 0 radical (unpaired) electrons. The van der Waals surface area contributed by atoms with Gasteiger partial charge in [-0.25, -0.2) is 0 Å². The van der Waals surface area contributed by atoms with Gasteiger partial charge in [-0.05, 0) is 43.5 Å². The van der Waals surface area contributed by atoms with E-state index < -0.39 is 0 Å². The Balaban J connectivity index is 0.00000156. The Morgan fingerprint density at radius 1 is 1.12 bits per heavy atom. The summed E-state index contributed by atoms with van der Waals surface area (Å²) in [5.41, 5.74) is 8.82. The van der Waals surface area contributed by atoms with E-state index in [9.17, 15) is 4.79 Å². The molecule has 1 aliphatic heterocycles. The van der Waals surface area contributed by atoms with E-state index in [4.69, 9.17) is 5.73 Å². The molecule has 136 valence electrons. The van der Waals surface area contributed by atoms with Crippen molar-refractivity contribution >= 4 is 42.1 Å². The van der Waals surface area contributed by atoms with Crippen LogP contribution in [0.1, 0.15) is 35.3 Å². The zero-order valence-electron chi connectivity index (χ0n) is 14.0. The Kier molecular flexibility index (Phi) is 8.69. The van der Waals surface area contributed by atoms with Gasteiger partial charge >= 0.3 is 0 Å². The smallest absolute Gasteiger partial charge is 0.255 e. The number of amides is 1.